The average Bonchev–Trinajstić information content (AvgIpc) is 2.27. The van der Waals surface area contributed by atoms with E-state index in [2.05, 4.69) is 0 Å². The third kappa shape index (κ3) is 2.92. The predicted molar refractivity (Wildman–Crippen MR) is 53.2 cm³/mol. The molecule has 5 nitrogen and oxygen atoms in total. The summed E-state index contributed by atoms with van der Waals surface area (Å²) in [5.74, 6) is -2.10. The Bertz CT molecular complexity index is 246. The maximum atomic E-state index is 11.6. The fourth-order valence-electron chi connectivity index (χ4n) is 1.72. The number of carbonyl (C=O) groups excluding carboxylic acids is 1. The average molecular weight is 215 g/mol. The van der Waals surface area contributed by atoms with E-state index >= 15 is 0 Å². The topological polar surface area (TPSA) is 77.8 Å². The molecule has 0 aliphatic carbocycles. The summed E-state index contributed by atoms with van der Waals surface area (Å²) in [5, 5.41) is 17.6. The van der Waals surface area contributed by atoms with Crippen LogP contribution in [0.25, 0.3) is 0 Å². The van der Waals surface area contributed by atoms with E-state index in [0.29, 0.717) is 13.1 Å². The van der Waals surface area contributed by atoms with E-state index in [4.69, 9.17) is 10.2 Å². The highest BCUT2D eigenvalue weighted by atomic mass is 16.4. The van der Waals surface area contributed by atoms with Gasteiger partial charge in [-0.3, -0.25) is 9.59 Å². The van der Waals surface area contributed by atoms with E-state index in [0.717, 1.165) is 12.8 Å². The smallest absolute Gasteiger partial charge is 0.315 e. The molecule has 86 valence electrons. The van der Waals surface area contributed by atoms with Crippen molar-refractivity contribution in [2.75, 3.05) is 19.7 Å². The van der Waals surface area contributed by atoms with Gasteiger partial charge in [-0.1, -0.05) is 0 Å². The summed E-state index contributed by atoms with van der Waals surface area (Å²) in [4.78, 5) is 23.8. The summed E-state index contributed by atoms with van der Waals surface area (Å²) >= 11 is 0. The molecule has 0 bridgehead atoms. The molecule has 1 saturated heterocycles. The van der Waals surface area contributed by atoms with Gasteiger partial charge in [0, 0.05) is 19.7 Å². The van der Waals surface area contributed by atoms with E-state index in [9.17, 15) is 9.59 Å². The van der Waals surface area contributed by atoms with E-state index in [1.54, 1.807) is 4.90 Å². The fourth-order valence-corrected chi connectivity index (χ4v) is 1.72. The summed E-state index contributed by atoms with van der Waals surface area (Å²) in [7, 11) is 0. The zero-order valence-corrected chi connectivity index (χ0v) is 8.85. The summed E-state index contributed by atoms with van der Waals surface area (Å²) in [6.07, 6.45) is 1.52. The van der Waals surface area contributed by atoms with Gasteiger partial charge in [-0.15, -0.1) is 0 Å². The van der Waals surface area contributed by atoms with Crippen LogP contribution in [0.2, 0.25) is 0 Å². The maximum absolute atomic E-state index is 11.6. The molecule has 1 fully saturated rings. The lowest BCUT2D eigenvalue weighted by Gasteiger charge is -2.32. The lowest BCUT2D eigenvalue weighted by Crippen LogP contribution is -2.43. The van der Waals surface area contributed by atoms with Crippen molar-refractivity contribution in [1.82, 2.24) is 4.90 Å². The van der Waals surface area contributed by atoms with Crippen LogP contribution < -0.4 is 0 Å². The number of aliphatic hydroxyl groups excluding tert-OH is 1. The van der Waals surface area contributed by atoms with E-state index in [-0.39, 0.29) is 18.4 Å². The molecule has 0 aromatic carbocycles. The lowest BCUT2D eigenvalue weighted by molar-refractivity contribution is -0.151. The third-order valence-electron chi connectivity index (χ3n) is 2.93. The van der Waals surface area contributed by atoms with E-state index < -0.39 is 11.9 Å². The number of nitrogens with zero attached hydrogens (tertiary/aromatic N) is 1. The fraction of sp³-hybridized carbons (Fsp3) is 0.800. The number of hydrogen-bond acceptors (Lipinski definition) is 3. The molecule has 0 saturated carbocycles. The largest absolute Gasteiger partial charge is 0.481 e. The number of hydrogen-bond donors (Lipinski definition) is 2. The van der Waals surface area contributed by atoms with Crippen LogP contribution in [0.5, 0.6) is 0 Å². The van der Waals surface area contributed by atoms with Crippen molar-refractivity contribution >= 4 is 11.9 Å². The van der Waals surface area contributed by atoms with Gasteiger partial charge in [-0.05, 0) is 25.7 Å². The molecule has 1 heterocycles. The number of amides is 1. The number of aliphatic hydroxyl groups is 1. The molecule has 2 N–H and O–H groups in total. The van der Waals surface area contributed by atoms with Crippen LogP contribution in [-0.4, -0.2) is 46.7 Å². The second kappa shape index (κ2) is 5.11. The minimum atomic E-state index is -1.08. The van der Waals surface area contributed by atoms with Crippen molar-refractivity contribution in [2.24, 2.45) is 11.8 Å². The van der Waals surface area contributed by atoms with Crippen molar-refractivity contribution in [3.8, 4) is 0 Å². The zero-order chi connectivity index (χ0) is 11.4. The van der Waals surface area contributed by atoms with Crippen LogP contribution in [0.15, 0.2) is 0 Å². The van der Waals surface area contributed by atoms with Crippen molar-refractivity contribution in [1.29, 1.82) is 0 Å². The molecule has 0 aromatic rings. The molecule has 1 atom stereocenters. The van der Waals surface area contributed by atoms with Crippen molar-refractivity contribution in [3.05, 3.63) is 0 Å². The van der Waals surface area contributed by atoms with Crippen LogP contribution in [0.3, 0.4) is 0 Å². The molecule has 0 spiro atoms. The Kier molecular flexibility index (Phi) is 4.08. The Morgan fingerprint density at radius 2 is 1.93 bits per heavy atom. The Balaban J connectivity index is 2.46. The first-order valence-corrected chi connectivity index (χ1v) is 5.18. The normalized spacial score (nSPS) is 20.0. The summed E-state index contributed by atoms with van der Waals surface area (Å²) in [6, 6.07) is 0. The standard InChI is InChI=1S/C10H17NO4/c1-7(10(14)15)9(13)11-4-2-8(6-12)3-5-11/h7-8,12H,2-6H2,1H3,(H,14,15). The first kappa shape index (κ1) is 12.0. The Morgan fingerprint density at radius 3 is 2.33 bits per heavy atom. The number of carboxylic acid groups (broad SMARTS) is 1. The second-order valence-corrected chi connectivity index (χ2v) is 4.01. The Labute approximate surface area is 88.7 Å². The van der Waals surface area contributed by atoms with E-state index in [1.165, 1.54) is 6.92 Å². The van der Waals surface area contributed by atoms with Crippen LogP contribution in [0.4, 0.5) is 0 Å². The Morgan fingerprint density at radius 1 is 1.40 bits per heavy atom. The van der Waals surface area contributed by atoms with Gasteiger partial charge in [-0.25, -0.2) is 0 Å². The highest BCUT2D eigenvalue weighted by molar-refractivity contribution is 5.96. The zero-order valence-electron chi connectivity index (χ0n) is 8.85. The number of piperidine rings is 1. The molecule has 5 heteroatoms. The number of aliphatic carboxylic acids is 1. The molecule has 1 aliphatic rings. The summed E-state index contributed by atoms with van der Waals surface area (Å²) in [5.41, 5.74) is 0. The molecule has 1 rings (SSSR count). The van der Waals surface area contributed by atoms with Crippen LogP contribution in [0, 0.1) is 11.8 Å². The van der Waals surface area contributed by atoms with Gasteiger partial charge < -0.3 is 15.1 Å². The minimum absolute atomic E-state index is 0.149. The SMILES string of the molecule is CC(C(=O)O)C(=O)N1CCC(CO)CC1. The quantitative estimate of drug-likeness (QED) is 0.646. The third-order valence-corrected chi connectivity index (χ3v) is 2.93. The van der Waals surface area contributed by atoms with Gasteiger partial charge in [0.2, 0.25) is 5.91 Å². The van der Waals surface area contributed by atoms with Gasteiger partial charge in [0.15, 0.2) is 0 Å². The molecular weight excluding hydrogens is 198 g/mol. The van der Waals surface area contributed by atoms with Gasteiger partial charge in [-0.2, -0.15) is 0 Å². The molecule has 1 amide bonds. The van der Waals surface area contributed by atoms with Crippen molar-refractivity contribution < 1.29 is 19.8 Å². The van der Waals surface area contributed by atoms with Gasteiger partial charge in [0.1, 0.15) is 5.92 Å². The van der Waals surface area contributed by atoms with Gasteiger partial charge >= 0.3 is 5.97 Å². The minimum Gasteiger partial charge on any atom is -0.481 e. The number of carboxylic acids is 1. The molecular formula is C10H17NO4. The first-order chi connectivity index (χ1) is 7.06. The number of rotatable bonds is 3. The second-order valence-electron chi connectivity index (χ2n) is 4.01. The predicted octanol–water partition coefficient (Wildman–Crippen LogP) is -0.0620. The number of carbonyl (C=O) groups is 2. The highest BCUT2D eigenvalue weighted by Crippen LogP contribution is 2.18. The summed E-state index contributed by atoms with van der Waals surface area (Å²) in [6.45, 7) is 2.67. The van der Waals surface area contributed by atoms with Crippen LogP contribution >= 0.6 is 0 Å². The van der Waals surface area contributed by atoms with Crippen molar-refractivity contribution in [2.45, 2.75) is 19.8 Å². The van der Waals surface area contributed by atoms with Crippen molar-refractivity contribution in [3.63, 3.8) is 0 Å². The van der Waals surface area contributed by atoms with Crippen LogP contribution in [0.1, 0.15) is 19.8 Å². The number of likely N-dealkylation sites (tertiary alicyclic amines) is 1. The van der Waals surface area contributed by atoms with E-state index in [1.807, 2.05) is 0 Å². The molecule has 1 aliphatic heterocycles. The molecule has 0 radical (unpaired) electrons. The lowest BCUT2D eigenvalue weighted by atomic mass is 9.97. The first-order valence-electron chi connectivity index (χ1n) is 5.18. The van der Waals surface area contributed by atoms with Crippen LogP contribution in [-0.2, 0) is 9.59 Å². The monoisotopic (exact) mass is 215 g/mol. The highest BCUT2D eigenvalue weighted by Gasteiger charge is 2.29. The molecule has 1 unspecified atom stereocenters. The molecule has 0 aromatic heterocycles. The van der Waals surface area contributed by atoms with Gasteiger partial charge in [0.05, 0.1) is 0 Å². The Hall–Kier alpha value is -1.10. The maximum Gasteiger partial charge on any atom is 0.315 e. The van der Waals surface area contributed by atoms with Gasteiger partial charge in [0.25, 0.3) is 0 Å². The summed E-state index contributed by atoms with van der Waals surface area (Å²) < 4.78 is 0. The molecule has 15 heavy (non-hydrogen) atoms.